The van der Waals surface area contributed by atoms with Gasteiger partial charge in [0.2, 0.25) is 5.91 Å². The summed E-state index contributed by atoms with van der Waals surface area (Å²) in [6.07, 6.45) is 11.6. The molecule has 2 N–H and O–H groups in total. The van der Waals surface area contributed by atoms with Gasteiger partial charge in [0.1, 0.15) is 5.82 Å². The number of aromatic nitrogens is 5. The molecule has 8 heteroatoms. The molecular formula is C27H29FN6O. The van der Waals surface area contributed by atoms with Gasteiger partial charge in [-0.05, 0) is 95.7 Å². The minimum absolute atomic E-state index is 0.0479. The first-order valence-electron chi connectivity index (χ1n) is 12.5. The van der Waals surface area contributed by atoms with Crippen LogP contribution in [0.1, 0.15) is 67.5 Å². The fourth-order valence-corrected chi connectivity index (χ4v) is 6.97. The number of benzene rings is 1. The summed E-state index contributed by atoms with van der Waals surface area (Å²) in [5.41, 5.74) is 5.92. The maximum absolute atomic E-state index is 13.9. The Bertz CT molecular complexity index is 1290. The number of allylic oxidation sites excluding steroid dienone is 2. The highest BCUT2D eigenvalue weighted by atomic mass is 19.1. The van der Waals surface area contributed by atoms with Crippen LogP contribution in [-0.2, 0) is 17.6 Å². The van der Waals surface area contributed by atoms with E-state index in [9.17, 15) is 9.18 Å². The summed E-state index contributed by atoms with van der Waals surface area (Å²) in [4.78, 5) is 16.5. The molecule has 1 fully saturated rings. The second-order valence-electron chi connectivity index (χ2n) is 10.4. The molecular weight excluding hydrogens is 443 g/mol. The molecule has 0 unspecified atom stereocenters. The summed E-state index contributed by atoms with van der Waals surface area (Å²) in [5, 5.41) is 16.7. The van der Waals surface area contributed by atoms with E-state index in [1.165, 1.54) is 22.9 Å². The third-order valence-electron chi connectivity index (χ3n) is 8.57. The first-order valence-corrected chi connectivity index (χ1v) is 12.5. The number of carbonyl (C=O) groups is 1. The van der Waals surface area contributed by atoms with Gasteiger partial charge in [0.05, 0.1) is 6.20 Å². The van der Waals surface area contributed by atoms with Crippen LogP contribution in [0.15, 0.2) is 42.7 Å². The molecule has 3 aliphatic rings. The lowest BCUT2D eigenvalue weighted by molar-refractivity contribution is -0.116. The molecule has 0 bridgehead atoms. The van der Waals surface area contributed by atoms with Crippen LogP contribution in [-0.4, -0.2) is 31.5 Å². The number of nitrogens with zero attached hydrogens (tertiary/aromatic N) is 4. The Kier molecular flexibility index (Phi) is 5.46. The number of pyridine rings is 1. The normalized spacial score (nSPS) is 26.9. The van der Waals surface area contributed by atoms with Gasteiger partial charge in [-0.1, -0.05) is 24.3 Å². The SMILES string of the molecule is C[C@]12CC[C@@H]3c4ccc(NC(=O)CCc5nn[nH]n5)cc4CC[C@H]3[C@@H]1CC=C2c1cncc(F)c1. The zero-order chi connectivity index (χ0) is 24.0. The molecule has 2 aromatic heterocycles. The molecule has 4 atom stereocenters. The molecule has 6 rings (SSSR count). The number of fused-ring (bicyclic) bond motifs is 5. The van der Waals surface area contributed by atoms with Gasteiger partial charge in [0.25, 0.3) is 0 Å². The minimum Gasteiger partial charge on any atom is -0.326 e. The van der Waals surface area contributed by atoms with E-state index < -0.39 is 0 Å². The van der Waals surface area contributed by atoms with E-state index >= 15 is 0 Å². The quantitative estimate of drug-likeness (QED) is 0.553. The molecule has 35 heavy (non-hydrogen) atoms. The molecule has 180 valence electrons. The van der Waals surface area contributed by atoms with Gasteiger partial charge in [0.15, 0.2) is 5.82 Å². The molecule has 1 aromatic carbocycles. The van der Waals surface area contributed by atoms with E-state index in [4.69, 9.17) is 0 Å². The van der Waals surface area contributed by atoms with Crippen LogP contribution in [0.5, 0.6) is 0 Å². The number of hydrogen-bond acceptors (Lipinski definition) is 5. The Morgan fingerprint density at radius 2 is 2.17 bits per heavy atom. The third-order valence-corrected chi connectivity index (χ3v) is 8.57. The number of nitrogens with one attached hydrogen (secondary N) is 2. The van der Waals surface area contributed by atoms with Gasteiger partial charge in [-0.25, -0.2) is 4.39 Å². The zero-order valence-electron chi connectivity index (χ0n) is 19.8. The van der Waals surface area contributed by atoms with E-state index in [-0.39, 0.29) is 17.1 Å². The van der Waals surface area contributed by atoms with Crippen LogP contribution >= 0.6 is 0 Å². The third kappa shape index (κ3) is 3.94. The molecule has 1 amide bonds. The molecule has 0 saturated heterocycles. The van der Waals surface area contributed by atoms with Crippen molar-refractivity contribution in [2.75, 3.05) is 5.32 Å². The largest absolute Gasteiger partial charge is 0.326 e. The van der Waals surface area contributed by atoms with Crippen molar-refractivity contribution >= 4 is 17.2 Å². The number of hydrogen-bond donors (Lipinski definition) is 2. The monoisotopic (exact) mass is 472 g/mol. The van der Waals surface area contributed by atoms with Gasteiger partial charge < -0.3 is 5.32 Å². The Hall–Kier alpha value is -3.42. The summed E-state index contributed by atoms with van der Waals surface area (Å²) in [6.45, 7) is 2.38. The number of H-pyrrole nitrogens is 1. The maximum atomic E-state index is 13.9. The van der Waals surface area contributed by atoms with Crippen molar-refractivity contribution in [1.82, 2.24) is 25.6 Å². The second kappa shape index (κ2) is 8.66. The van der Waals surface area contributed by atoms with Gasteiger partial charge >= 0.3 is 0 Å². The van der Waals surface area contributed by atoms with Gasteiger partial charge in [0, 0.05) is 24.7 Å². The highest BCUT2D eigenvalue weighted by Gasteiger charge is 2.51. The molecule has 3 aliphatic carbocycles. The van der Waals surface area contributed by atoms with E-state index in [1.54, 1.807) is 6.07 Å². The van der Waals surface area contributed by atoms with Crippen LogP contribution in [0.2, 0.25) is 0 Å². The van der Waals surface area contributed by atoms with Crippen LogP contribution in [0.25, 0.3) is 5.57 Å². The summed E-state index contributed by atoms with van der Waals surface area (Å²) in [6, 6.07) is 8.05. The van der Waals surface area contributed by atoms with Crippen molar-refractivity contribution in [3.05, 3.63) is 71.1 Å². The Morgan fingerprint density at radius 1 is 1.26 bits per heavy atom. The number of aromatic amines is 1. The highest BCUT2D eigenvalue weighted by Crippen LogP contribution is 2.63. The number of aryl methyl sites for hydroxylation is 2. The van der Waals surface area contributed by atoms with Crippen molar-refractivity contribution in [3.63, 3.8) is 0 Å². The highest BCUT2D eigenvalue weighted by molar-refractivity contribution is 5.91. The predicted octanol–water partition coefficient (Wildman–Crippen LogP) is 4.85. The zero-order valence-corrected chi connectivity index (χ0v) is 19.8. The molecule has 3 aromatic rings. The molecule has 0 aliphatic heterocycles. The number of carbonyl (C=O) groups excluding carboxylic acids is 1. The van der Waals surface area contributed by atoms with Crippen molar-refractivity contribution in [2.45, 2.75) is 57.8 Å². The summed E-state index contributed by atoms with van der Waals surface area (Å²) < 4.78 is 13.9. The lowest BCUT2D eigenvalue weighted by atomic mass is 9.54. The van der Waals surface area contributed by atoms with E-state index in [2.05, 4.69) is 56.1 Å². The van der Waals surface area contributed by atoms with E-state index in [1.807, 2.05) is 12.3 Å². The van der Waals surface area contributed by atoms with Gasteiger partial charge in [-0.2, -0.15) is 5.21 Å². The number of anilines is 1. The smallest absolute Gasteiger partial charge is 0.224 e. The first-order chi connectivity index (χ1) is 17.0. The number of amides is 1. The average Bonchev–Trinajstić information content (AvgIpc) is 3.50. The fraction of sp³-hybridized carbons (Fsp3) is 0.444. The van der Waals surface area contributed by atoms with Crippen molar-refractivity contribution < 1.29 is 9.18 Å². The Morgan fingerprint density at radius 3 is 3.00 bits per heavy atom. The van der Waals surface area contributed by atoms with Crippen LogP contribution < -0.4 is 5.32 Å². The summed E-state index contributed by atoms with van der Waals surface area (Å²) >= 11 is 0. The van der Waals surface area contributed by atoms with E-state index in [0.717, 1.165) is 43.4 Å². The van der Waals surface area contributed by atoms with Crippen LogP contribution in [0.4, 0.5) is 10.1 Å². The predicted molar refractivity (Wildman–Crippen MR) is 130 cm³/mol. The number of halogens is 1. The number of rotatable bonds is 5. The molecule has 7 nitrogen and oxygen atoms in total. The average molecular weight is 473 g/mol. The standard InChI is InChI=1S/C27H29FN6O/c1-27-11-10-21-20-5-3-19(30-26(35)9-8-25-31-33-34-32-25)13-16(20)2-4-22(21)24(27)7-6-23(27)17-12-18(28)15-29-14-17/h3,5-6,12-15,21-22,24H,2,4,7-11H2,1H3,(H,30,35)(H,31,32,33,34)/t21-,22-,24+,27-/m1/s1. The Labute approximate surface area is 203 Å². The second-order valence-corrected chi connectivity index (χ2v) is 10.4. The maximum Gasteiger partial charge on any atom is 0.224 e. The van der Waals surface area contributed by atoms with Crippen molar-refractivity contribution in [3.8, 4) is 0 Å². The first kappa shape index (κ1) is 22.1. The van der Waals surface area contributed by atoms with Crippen molar-refractivity contribution in [2.24, 2.45) is 17.3 Å². The number of tetrazole rings is 1. The molecule has 0 radical (unpaired) electrons. The summed E-state index contributed by atoms with van der Waals surface area (Å²) in [5.74, 6) is 1.95. The van der Waals surface area contributed by atoms with Gasteiger partial charge in [-0.3, -0.25) is 9.78 Å². The summed E-state index contributed by atoms with van der Waals surface area (Å²) in [7, 11) is 0. The lowest BCUT2D eigenvalue weighted by Crippen LogP contribution is -2.40. The van der Waals surface area contributed by atoms with Crippen molar-refractivity contribution in [1.29, 1.82) is 0 Å². The molecule has 1 saturated carbocycles. The fourth-order valence-electron chi connectivity index (χ4n) is 6.97. The van der Waals surface area contributed by atoms with E-state index in [0.29, 0.717) is 36.4 Å². The Balaban J connectivity index is 1.16. The van der Waals surface area contributed by atoms with Crippen LogP contribution in [0.3, 0.4) is 0 Å². The minimum atomic E-state index is -0.270. The topological polar surface area (TPSA) is 96.5 Å². The van der Waals surface area contributed by atoms with Crippen LogP contribution in [0, 0.1) is 23.1 Å². The lowest BCUT2D eigenvalue weighted by Gasteiger charge is -2.50. The van der Waals surface area contributed by atoms with Gasteiger partial charge in [-0.15, -0.1) is 10.2 Å². The molecule has 0 spiro atoms. The molecule has 2 heterocycles.